The number of nitrogens with one attached hydrogen (secondary N) is 1. The van der Waals surface area contributed by atoms with Gasteiger partial charge in [0.2, 0.25) is 0 Å². The number of nitrogens with zero attached hydrogens (tertiary/aromatic N) is 1. The molecule has 2 rings (SSSR count). The Morgan fingerprint density at radius 1 is 1.19 bits per heavy atom. The summed E-state index contributed by atoms with van der Waals surface area (Å²) in [6.45, 7) is 0. The van der Waals surface area contributed by atoms with Gasteiger partial charge in [0.1, 0.15) is 11.6 Å². The van der Waals surface area contributed by atoms with Crippen molar-refractivity contribution in [1.29, 1.82) is 5.26 Å². The van der Waals surface area contributed by atoms with E-state index in [1.54, 1.807) is 6.07 Å². The first-order chi connectivity index (χ1) is 12.3. The zero-order chi connectivity index (χ0) is 19.3. The first kappa shape index (κ1) is 19.3. The molecule has 0 aromatic heterocycles. The Balaban J connectivity index is 2.24. The molecule has 0 aliphatic carbocycles. The maximum Gasteiger partial charge on any atom is 0.335 e. The molecule has 0 saturated heterocycles. The van der Waals surface area contributed by atoms with E-state index >= 15 is 0 Å². The number of ether oxygens (including phenoxy) is 1. The first-order valence-corrected chi connectivity index (χ1v) is 7.91. The number of amides is 1. The Labute approximate surface area is 159 Å². The summed E-state index contributed by atoms with van der Waals surface area (Å²) in [6, 6.07) is 10.4. The molecule has 1 amide bonds. The second-order valence-electron chi connectivity index (χ2n) is 5.02. The number of carboxylic acid groups (broad SMARTS) is 1. The maximum atomic E-state index is 12.3. The molecule has 0 saturated carbocycles. The second kappa shape index (κ2) is 8.39. The van der Waals surface area contributed by atoms with E-state index in [0.29, 0.717) is 17.0 Å². The van der Waals surface area contributed by atoms with Crippen LogP contribution in [0.4, 0.5) is 5.69 Å². The predicted octanol–water partition coefficient (Wildman–Crippen LogP) is 4.25. The topological polar surface area (TPSA) is 99.4 Å². The summed E-state index contributed by atoms with van der Waals surface area (Å²) in [6.07, 6.45) is 1.33. The normalized spacial score (nSPS) is 10.8. The predicted molar refractivity (Wildman–Crippen MR) is 98.6 cm³/mol. The van der Waals surface area contributed by atoms with Crippen LogP contribution >= 0.6 is 23.2 Å². The Kier molecular flexibility index (Phi) is 6.23. The summed E-state index contributed by atoms with van der Waals surface area (Å²) in [7, 11) is 1.42. The number of hydrogen-bond acceptors (Lipinski definition) is 4. The van der Waals surface area contributed by atoms with Crippen LogP contribution in [0.2, 0.25) is 10.0 Å². The van der Waals surface area contributed by atoms with Crippen molar-refractivity contribution < 1.29 is 19.4 Å². The zero-order valence-electron chi connectivity index (χ0n) is 13.4. The van der Waals surface area contributed by atoms with E-state index in [2.05, 4.69) is 5.32 Å². The van der Waals surface area contributed by atoms with Gasteiger partial charge in [0.05, 0.1) is 22.7 Å². The number of aromatic carboxylic acids is 1. The van der Waals surface area contributed by atoms with Crippen LogP contribution in [0.25, 0.3) is 6.08 Å². The highest BCUT2D eigenvalue weighted by atomic mass is 35.5. The molecule has 0 fully saturated rings. The van der Waals surface area contributed by atoms with E-state index in [1.807, 2.05) is 0 Å². The van der Waals surface area contributed by atoms with Crippen molar-refractivity contribution in [3.8, 4) is 11.8 Å². The van der Waals surface area contributed by atoms with Crippen LogP contribution in [0.5, 0.6) is 5.75 Å². The van der Waals surface area contributed by atoms with Crippen molar-refractivity contribution in [2.24, 2.45) is 0 Å². The maximum absolute atomic E-state index is 12.3. The highest BCUT2D eigenvalue weighted by Crippen LogP contribution is 2.34. The van der Waals surface area contributed by atoms with E-state index in [0.717, 1.165) is 0 Å². The average molecular weight is 391 g/mol. The highest BCUT2D eigenvalue weighted by Gasteiger charge is 2.13. The summed E-state index contributed by atoms with van der Waals surface area (Å²) in [5.41, 5.74) is 0.715. The summed E-state index contributed by atoms with van der Waals surface area (Å²) in [5.74, 6) is -1.43. The van der Waals surface area contributed by atoms with Crippen LogP contribution in [0, 0.1) is 11.3 Å². The van der Waals surface area contributed by atoms with Crippen molar-refractivity contribution in [3.05, 3.63) is 63.1 Å². The Morgan fingerprint density at radius 3 is 2.23 bits per heavy atom. The first-order valence-electron chi connectivity index (χ1n) is 7.15. The van der Waals surface area contributed by atoms with Gasteiger partial charge in [-0.3, -0.25) is 4.79 Å². The van der Waals surface area contributed by atoms with Crippen molar-refractivity contribution >= 4 is 46.8 Å². The fraction of sp³-hybridized carbons (Fsp3) is 0.0556. The lowest BCUT2D eigenvalue weighted by molar-refractivity contribution is -0.112. The third-order valence-corrected chi connectivity index (χ3v) is 3.85. The summed E-state index contributed by atoms with van der Waals surface area (Å²) in [4.78, 5) is 23.1. The third-order valence-electron chi connectivity index (χ3n) is 3.29. The average Bonchev–Trinajstić information content (AvgIpc) is 2.59. The Hall–Kier alpha value is -3.01. The van der Waals surface area contributed by atoms with Crippen molar-refractivity contribution in [1.82, 2.24) is 0 Å². The molecule has 0 aliphatic heterocycles. The molecular weight excluding hydrogens is 379 g/mol. The van der Waals surface area contributed by atoms with Gasteiger partial charge in [0, 0.05) is 5.69 Å². The molecule has 2 aromatic rings. The lowest BCUT2D eigenvalue weighted by Crippen LogP contribution is -2.13. The molecule has 6 nitrogen and oxygen atoms in total. The van der Waals surface area contributed by atoms with E-state index < -0.39 is 11.9 Å². The van der Waals surface area contributed by atoms with Gasteiger partial charge in [-0.25, -0.2) is 4.79 Å². The molecule has 0 spiro atoms. The molecule has 0 bridgehead atoms. The van der Waals surface area contributed by atoms with Crippen LogP contribution in [0.3, 0.4) is 0 Å². The van der Waals surface area contributed by atoms with Crippen LogP contribution < -0.4 is 10.1 Å². The lowest BCUT2D eigenvalue weighted by atomic mass is 10.1. The molecule has 8 heteroatoms. The summed E-state index contributed by atoms with van der Waals surface area (Å²) in [5, 5.41) is 21.1. The minimum absolute atomic E-state index is 0.0848. The number of methoxy groups -OCH3 is 1. The van der Waals surface area contributed by atoms with Gasteiger partial charge in [-0.15, -0.1) is 0 Å². The fourth-order valence-electron chi connectivity index (χ4n) is 2.07. The van der Waals surface area contributed by atoms with Crippen LogP contribution in [0.15, 0.2) is 42.0 Å². The number of anilines is 1. The molecule has 26 heavy (non-hydrogen) atoms. The van der Waals surface area contributed by atoms with Gasteiger partial charge in [-0.2, -0.15) is 5.26 Å². The minimum Gasteiger partial charge on any atom is -0.494 e. The number of benzene rings is 2. The van der Waals surface area contributed by atoms with Crippen LogP contribution in [-0.2, 0) is 4.79 Å². The van der Waals surface area contributed by atoms with Gasteiger partial charge in [0.25, 0.3) is 5.91 Å². The van der Waals surface area contributed by atoms with E-state index in [-0.39, 0.29) is 21.2 Å². The van der Waals surface area contributed by atoms with Gasteiger partial charge in [-0.1, -0.05) is 23.2 Å². The largest absolute Gasteiger partial charge is 0.494 e. The molecule has 0 aliphatic rings. The number of carbonyl (C=O) groups is 2. The lowest BCUT2D eigenvalue weighted by Gasteiger charge is -2.07. The summed E-state index contributed by atoms with van der Waals surface area (Å²) < 4.78 is 5.04. The zero-order valence-corrected chi connectivity index (χ0v) is 14.9. The van der Waals surface area contributed by atoms with E-state index in [1.165, 1.54) is 49.6 Å². The molecule has 132 valence electrons. The van der Waals surface area contributed by atoms with Crippen molar-refractivity contribution in [2.45, 2.75) is 0 Å². The highest BCUT2D eigenvalue weighted by molar-refractivity contribution is 6.37. The summed E-state index contributed by atoms with van der Waals surface area (Å²) >= 11 is 12.1. The monoisotopic (exact) mass is 390 g/mol. The smallest absolute Gasteiger partial charge is 0.335 e. The number of hydrogen-bond donors (Lipinski definition) is 2. The Morgan fingerprint density at radius 2 is 1.77 bits per heavy atom. The SMILES string of the molecule is COc1c(Cl)cc(/C=C(\C#N)C(=O)Nc2ccc(C(=O)O)cc2)cc1Cl. The molecule has 0 radical (unpaired) electrons. The minimum atomic E-state index is -1.08. The van der Waals surface area contributed by atoms with Crippen LogP contribution in [0.1, 0.15) is 15.9 Å². The molecule has 2 N–H and O–H groups in total. The molecular formula is C18H12Cl2N2O4. The van der Waals surface area contributed by atoms with Gasteiger partial charge in [0.15, 0.2) is 5.75 Å². The van der Waals surface area contributed by atoms with E-state index in [4.69, 9.17) is 33.0 Å². The van der Waals surface area contributed by atoms with Crippen molar-refractivity contribution in [2.75, 3.05) is 12.4 Å². The number of rotatable bonds is 5. The second-order valence-corrected chi connectivity index (χ2v) is 5.84. The quantitative estimate of drug-likeness (QED) is 0.587. The molecule has 0 heterocycles. The number of halogens is 2. The molecule has 0 atom stereocenters. The van der Waals surface area contributed by atoms with E-state index in [9.17, 15) is 14.9 Å². The van der Waals surface area contributed by atoms with Gasteiger partial charge < -0.3 is 15.2 Å². The Bertz CT molecular complexity index is 908. The van der Waals surface area contributed by atoms with Crippen molar-refractivity contribution in [3.63, 3.8) is 0 Å². The fourth-order valence-corrected chi connectivity index (χ4v) is 2.73. The molecule has 0 unspecified atom stereocenters. The van der Waals surface area contributed by atoms with Gasteiger partial charge in [-0.05, 0) is 48.0 Å². The van der Waals surface area contributed by atoms with Crippen LogP contribution in [-0.4, -0.2) is 24.1 Å². The van der Waals surface area contributed by atoms with Gasteiger partial charge >= 0.3 is 5.97 Å². The molecule has 2 aromatic carbocycles. The number of carbonyl (C=O) groups excluding carboxylic acids is 1. The number of carboxylic acids is 1. The third kappa shape index (κ3) is 4.54. The standard InChI is InChI=1S/C18H12Cl2N2O4/c1-26-16-14(19)7-10(8-15(16)20)6-12(9-21)17(23)22-13-4-2-11(3-5-13)18(24)25/h2-8H,1H3,(H,22,23)(H,24,25)/b12-6+. The number of nitriles is 1.